The van der Waals surface area contributed by atoms with Gasteiger partial charge in [-0.2, -0.15) is 0 Å². The third-order valence-corrected chi connectivity index (χ3v) is 3.98. The van der Waals surface area contributed by atoms with E-state index in [9.17, 15) is 9.59 Å². The number of halogens is 1. The summed E-state index contributed by atoms with van der Waals surface area (Å²) in [6, 6.07) is 7.09. The Morgan fingerprint density at radius 2 is 2.17 bits per heavy atom. The highest BCUT2D eigenvalue weighted by molar-refractivity contribution is 9.11. The molecule has 0 aliphatic heterocycles. The van der Waals surface area contributed by atoms with Gasteiger partial charge in [0.05, 0.1) is 10.3 Å². The summed E-state index contributed by atoms with van der Waals surface area (Å²) >= 11 is 4.90. The molecular weight excluding hydrogens is 316 g/mol. The highest BCUT2D eigenvalue weighted by Crippen LogP contribution is 2.21. The Morgan fingerprint density at radius 1 is 1.39 bits per heavy atom. The van der Waals surface area contributed by atoms with Crippen LogP contribution >= 0.6 is 27.3 Å². The smallest absolute Gasteiger partial charge is 0.260 e. The summed E-state index contributed by atoms with van der Waals surface area (Å²) in [7, 11) is 0. The van der Waals surface area contributed by atoms with Crippen molar-refractivity contribution in [1.29, 1.82) is 0 Å². The Kier molecular flexibility index (Phi) is 3.98. The molecule has 0 aromatic carbocycles. The van der Waals surface area contributed by atoms with E-state index in [2.05, 4.69) is 26.2 Å². The number of hydrogen-bond donors (Lipinski definition) is 2. The molecule has 2 aromatic rings. The molecule has 0 saturated heterocycles. The number of thiophene rings is 1. The minimum Gasteiger partial charge on any atom is -0.347 e. The molecule has 0 unspecified atom stereocenters. The first-order valence-corrected chi connectivity index (χ1v) is 6.89. The van der Waals surface area contributed by atoms with Gasteiger partial charge >= 0.3 is 0 Å². The van der Waals surface area contributed by atoms with Crippen molar-refractivity contribution in [3.8, 4) is 0 Å². The van der Waals surface area contributed by atoms with Gasteiger partial charge < -0.3 is 10.3 Å². The molecule has 0 atom stereocenters. The Morgan fingerprint density at radius 3 is 2.78 bits per heavy atom. The van der Waals surface area contributed by atoms with Crippen LogP contribution in [0.1, 0.15) is 20.9 Å². The van der Waals surface area contributed by atoms with Gasteiger partial charge in [0.15, 0.2) is 0 Å². The van der Waals surface area contributed by atoms with Crippen LogP contribution in [-0.4, -0.2) is 10.9 Å². The fraction of sp³-hybridized carbons (Fsp3) is 0.167. The number of aryl methyl sites for hydroxylation is 1. The second-order valence-corrected chi connectivity index (χ2v) is 6.32. The van der Waals surface area contributed by atoms with E-state index in [1.807, 2.05) is 12.1 Å². The van der Waals surface area contributed by atoms with Gasteiger partial charge in [0.1, 0.15) is 5.56 Å². The minimum atomic E-state index is -0.361. The van der Waals surface area contributed by atoms with E-state index in [1.54, 1.807) is 24.3 Å². The normalized spacial score (nSPS) is 10.3. The van der Waals surface area contributed by atoms with Crippen molar-refractivity contribution in [2.75, 3.05) is 0 Å². The van der Waals surface area contributed by atoms with Gasteiger partial charge in [-0.05, 0) is 47.1 Å². The van der Waals surface area contributed by atoms with Crippen LogP contribution in [0.15, 0.2) is 32.8 Å². The van der Waals surface area contributed by atoms with Crippen LogP contribution in [0.25, 0.3) is 0 Å². The van der Waals surface area contributed by atoms with E-state index in [1.165, 1.54) is 6.07 Å². The lowest BCUT2D eigenvalue weighted by Gasteiger charge is -2.03. The first kappa shape index (κ1) is 13.0. The molecule has 2 heterocycles. The van der Waals surface area contributed by atoms with Crippen LogP contribution < -0.4 is 10.9 Å². The largest absolute Gasteiger partial charge is 0.347 e. The van der Waals surface area contributed by atoms with Crippen molar-refractivity contribution in [1.82, 2.24) is 10.3 Å². The number of amides is 1. The number of H-pyrrole nitrogens is 1. The van der Waals surface area contributed by atoms with Crippen LogP contribution in [0.5, 0.6) is 0 Å². The average Bonchev–Trinajstić information content (AvgIpc) is 2.72. The monoisotopic (exact) mass is 326 g/mol. The minimum absolute atomic E-state index is 0.135. The lowest BCUT2D eigenvalue weighted by atomic mass is 10.2. The lowest BCUT2D eigenvalue weighted by molar-refractivity contribution is 0.0950. The maximum atomic E-state index is 11.8. The Hall–Kier alpha value is -1.40. The summed E-state index contributed by atoms with van der Waals surface area (Å²) in [5.74, 6) is -0.360. The Bertz CT molecular complexity index is 633. The van der Waals surface area contributed by atoms with Crippen molar-refractivity contribution in [3.05, 3.63) is 54.5 Å². The zero-order valence-corrected chi connectivity index (χ0v) is 12.0. The molecule has 4 nitrogen and oxygen atoms in total. The van der Waals surface area contributed by atoms with Crippen molar-refractivity contribution in [2.45, 2.75) is 13.5 Å². The standard InChI is InChI=1S/C12H11BrN2O2S/c1-7-2-4-9(12(17)15-7)11(16)14-6-8-3-5-10(13)18-8/h2-5H,6H2,1H3,(H,14,16)(H,15,17). The van der Waals surface area contributed by atoms with Crippen LogP contribution in [0.2, 0.25) is 0 Å². The molecule has 0 aliphatic rings. The van der Waals surface area contributed by atoms with Crippen LogP contribution in [-0.2, 0) is 6.54 Å². The first-order chi connectivity index (χ1) is 8.56. The number of carbonyl (C=O) groups is 1. The number of nitrogens with one attached hydrogen (secondary N) is 2. The number of hydrogen-bond acceptors (Lipinski definition) is 3. The average molecular weight is 327 g/mol. The van der Waals surface area contributed by atoms with Gasteiger partial charge in [0, 0.05) is 10.6 Å². The number of pyridine rings is 1. The molecule has 0 spiro atoms. The van der Waals surface area contributed by atoms with Gasteiger partial charge in [-0.1, -0.05) is 0 Å². The molecule has 0 saturated carbocycles. The number of carbonyl (C=O) groups excluding carboxylic acids is 1. The van der Waals surface area contributed by atoms with Gasteiger partial charge in [-0.25, -0.2) is 0 Å². The van der Waals surface area contributed by atoms with E-state index in [4.69, 9.17) is 0 Å². The van der Waals surface area contributed by atoms with Crippen LogP contribution in [0.4, 0.5) is 0 Å². The summed E-state index contributed by atoms with van der Waals surface area (Å²) in [6.07, 6.45) is 0. The van der Waals surface area contributed by atoms with Crippen LogP contribution in [0, 0.1) is 6.92 Å². The fourth-order valence-electron chi connectivity index (χ4n) is 1.46. The predicted molar refractivity (Wildman–Crippen MR) is 75.0 cm³/mol. The predicted octanol–water partition coefficient (Wildman–Crippen LogP) is 2.44. The second kappa shape index (κ2) is 5.49. The van der Waals surface area contributed by atoms with E-state index in [-0.39, 0.29) is 17.0 Å². The number of rotatable bonds is 3. The SMILES string of the molecule is Cc1ccc(C(=O)NCc2ccc(Br)s2)c(=O)[nH]1. The van der Waals surface area contributed by atoms with Gasteiger partial charge in [-0.15, -0.1) is 11.3 Å². The zero-order valence-electron chi connectivity index (χ0n) is 9.62. The molecule has 2 N–H and O–H groups in total. The third-order valence-electron chi connectivity index (χ3n) is 2.35. The quantitative estimate of drug-likeness (QED) is 0.910. The lowest BCUT2D eigenvalue weighted by Crippen LogP contribution is -2.29. The summed E-state index contributed by atoms with van der Waals surface area (Å²) in [5.41, 5.74) is 0.509. The molecule has 94 valence electrons. The molecule has 2 rings (SSSR count). The van der Waals surface area contributed by atoms with Crippen molar-refractivity contribution < 1.29 is 4.79 Å². The third kappa shape index (κ3) is 3.08. The van der Waals surface area contributed by atoms with E-state index in [0.717, 1.165) is 14.4 Å². The second-order valence-electron chi connectivity index (χ2n) is 3.77. The van der Waals surface area contributed by atoms with E-state index >= 15 is 0 Å². The molecule has 18 heavy (non-hydrogen) atoms. The van der Waals surface area contributed by atoms with Crippen molar-refractivity contribution in [3.63, 3.8) is 0 Å². The summed E-state index contributed by atoms with van der Waals surface area (Å²) in [6.45, 7) is 2.19. The van der Waals surface area contributed by atoms with Crippen LogP contribution in [0.3, 0.4) is 0 Å². The highest BCUT2D eigenvalue weighted by atomic mass is 79.9. The maximum absolute atomic E-state index is 11.8. The molecule has 0 aliphatic carbocycles. The highest BCUT2D eigenvalue weighted by Gasteiger charge is 2.10. The molecule has 1 amide bonds. The van der Waals surface area contributed by atoms with Crippen molar-refractivity contribution >= 4 is 33.2 Å². The molecular formula is C12H11BrN2O2S. The molecule has 0 fully saturated rings. The van der Waals surface area contributed by atoms with Crippen molar-refractivity contribution in [2.24, 2.45) is 0 Å². The van der Waals surface area contributed by atoms with Gasteiger partial charge in [-0.3, -0.25) is 9.59 Å². The fourth-order valence-corrected chi connectivity index (χ4v) is 2.88. The summed E-state index contributed by atoms with van der Waals surface area (Å²) < 4.78 is 1.01. The Balaban J connectivity index is 2.06. The summed E-state index contributed by atoms with van der Waals surface area (Å²) in [5, 5.41) is 2.72. The number of aromatic amines is 1. The summed E-state index contributed by atoms with van der Waals surface area (Å²) in [4.78, 5) is 27.0. The Labute approximate surface area is 116 Å². The molecule has 2 aromatic heterocycles. The molecule has 0 radical (unpaired) electrons. The number of aromatic nitrogens is 1. The van der Waals surface area contributed by atoms with E-state index in [0.29, 0.717) is 6.54 Å². The van der Waals surface area contributed by atoms with E-state index < -0.39 is 0 Å². The first-order valence-electron chi connectivity index (χ1n) is 5.28. The van der Waals surface area contributed by atoms with Gasteiger partial charge in [0.25, 0.3) is 11.5 Å². The van der Waals surface area contributed by atoms with Gasteiger partial charge in [0.2, 0.25) is 0 Å². The molecule has 6 heteroatoms. The maximum Gasteiger partial charge on any atom is 0.260 e. The zero-order chi connectivity index (χ0) is 13.1. The topological polar surface area (TPSA) is 62.0 Å². The molecule has 0 bridgehead atoms.